The van der Waals surface area contributed by atoms with Crippen molar-refractivity contribution >= 4 is 29.2 Å². The molecule has 1 aromatic carbocycles. The predicted octanol–water partition coefficient (Wildman–Crippen LogP) is 4.58. The quantitative estimate of drug-likeness (QED) is 0.719. The van der Waals surface area contributed by atoms with Crippen LogP contribution in [-0.2, 0) is 14.4 Å². The molecular formula is C25H35ClN2O3. The van der Waals surface area contributed by atoms with Crippen LogP contribution in [0.1, 0.15) is 71.3 Å². The van der Waals surface area contributed by atoms with E-state index < -0.39 is 6.04 Å². The molecule has 1 aromatic rings. The number of ketones is 1. The van der Waals surface area contributed by atoms with Crippen LogP contribution in [0.4, 0.5) is 0 Å². The number of nitrogens with one attached hydrogen (secondary N) is 1. The summed E-state index contributed by atoms with van der Waals surface area (Å²) in [6.45, 7) is 9.61. The van der Waals surface area contributed by atoms with Gasteiger partial charge in [0.15, 0.2) is 0 Å². The second-order valence-electron chi connectivity index (χ2n) is 10.2. The lowest BCUT2D eigenvalue weighted by molar-refractivity contribution is -0.142. The zero-order valence-corrected chi connectivity index (χ0v) is 19.9. The van der Waals surface area contributed by atoms with Gasteiger partial charge in [0.1, 0.15) is 11.8 Å². The minimum absolute atomic E-state index is 0.0203. The Hall–Kier alpha value is -1.88. The minimum atomic E-state index is -0.563. The molecule has 0 aromatic heterocycles. The van der Waals surface area contributed by atoms with Gasteiger partial charge < -0.3 is 10.2 Å². The van der Waals surface area contributed by atoms with Crippen LogP contribution >= 0.6 is 11.6 Å². The van der Waals surface area contributed by atoms with Gasteiger partial charge in [-0.3, -0.25) is 14.4 Å². The van der Waals surface area contributed by atoms with Crippen molar-refractivity contribution in [3.63, 3.8) is 0 Å². The van der Waals surface area contributed by atoms with Crippen molar-refractivity contribution in [2.45, 2.75) is 71.8 Å². The molecule has 1 aliphatic heterocycles. The largest absolute Gasteiger partial charge is 0.344 e. The summed E-state index contributed by atoms with van der Waals surface area (Å²) in [5, 5.41) is 3.71. The summed E-state index contributed by atoms with van der Waals surface area (Å²) >= 11 is 6.05. The first kappa shape index (κ1) is 23.8. The summed E-state index contributed by atoms with van der Waals surface area (Å²) in [4.78, 5) is 39.9. The van der Waals surface area contributed by atoms with Crippen molar-refractivity contribution < 1.29 is 14.4 Å². The number of piperidine rings is 1. The highest BCUT2D eigenvalue weighted by Gasteiger charge is 2.41. The van der Waals surface area contributed by atoms with E-state index in [-0.39, 0.29) is 34.8 Å². The molecule has 1 saturated heterocycles. The summed E-state index contributed by atoms with van der Waals surface area (Å²) in [6.07, 6.45) is 3.20. The van der Waals surface area contributed by atoms with E-state index in [2.05, 4.69) is 31.3 Å². The number of carbonyl (C=O) groups is 3. The van der Waals surface area contributed by atoms with Crippen LogP contribution in [0.5, 0.6) is 0 Å². The fraction of sp³-hybridized carbons (Fsp3) is 0.640. The van der Waals surface area contributed by atoms with Crippen molar-refractivity contribution in [1.82, 2.24) is 10.2 Å². The van der Waals surface area contributed by atoms with Gasteiger partial charge >= 0.3 is 0 Å². The van der Waals surface area contributed by atoms with Gasteiger partial charge in [-0.1, -0.05) is 51.4 Å². The van der Waals surface area contributed by atoms with E-state index in [4.69, 9.17) is 11.6 Å². The first-order valence-electron chi connectivity index (χ1n) is 11.4. The van der Waals surface area contributed by atoms with E-state index >= 15 is 0 Å². The van der Waals surface area contributed by atoms with Crippen LogP contribution in [0, 0.1) is 17.3 Å². The van der Waals surface area contributed by atoms with Crippen LogP contribution < -0.4 is 5.32 Å². The summed E-state index contributed by atoms with van der Waals surface area (Å²) < 4.78 is 0. The molecule has 3 atom stereocenters. The van der Waals surface area contributed by atoms with E-state index in [1.807, 2.05) is 30.9 Å². The van der Waals surface area contributed by atoms with Crippen LogP contribution in [0.15, 0.2) is 24.3 Å². The van der Waals surface area contributed by atoms with E-state index in [0.29, 0.717) is 31.8 Å². The van der Waals surface area contributed by atoms with Gasteiger partial charge in [0.05, 0.1) is 0 Å². The van der Waals surface area contributed by atoms with Crippen molar-refractivity contribution in [2.24, 2.45) is 17.3 Å². The second kappa shape index (κ2) is 9.72. The van der Waals surface area contributed by atoms with Gasteiger partial charge in [0.25, 0.3) is 0 Å². The topological polar surface area (TPSA) is 66.5 Å². The highest BCUT2D eigenvalue weighted by molar-refractivity contribution is 6.30. The second-order valence-corrected chi connectivity index (χ2v) is 10.6. The maximum atomic E-state index is 13.4. The van der Waals surface area contributed by atoms with Crippen LogP contribution in [-0.4, -0.2) is 41.6 Å². The van der Waals surface area contributed by atoms with Crippen molar-refractivity contribution in [3.05, 3.63) is 34.9 Å². The summed E-state index contributed by atoms with van der Waals surface area (Å²) in [7, 11) is 0. The Morgan fingerprint density at radius 2 is 1.84 bits per heavy atom. The minimum Gasteiger partial charge on any atom is -0.344 e. The number of halogens is 1. The van der Waals surface area contributed by atoms with Gasteiger partial charge in [0, 0.05) is 36.9 Å². The summed E-state index contributed by atoms with van der Waals surface area (Å²) in [6, 6.07) is 7.44. The average Bonchev–Trinajstić information content (AvgIpc) is 2.71. The van der Waals surface area contributed by atoms with Crippen molar-refractivity contribution in [2.75, 3.05) is 13.1 Å². The molecule has 1 saturated carbocycles. The van der Waals surface area contributed by atoms with Crippen LogP contribution in [0.2, 0.25) is 5.02 Å². The van der Waals surface area contributed by atoms with Crippen LogP contribution in [0.3, 0.4) is 0 Å². The highest BCUT2D eigenvalue weighted by atomic mass is 35.5. The standard InChI is InChI=1S/C25H35ClN2O3/c1-16(2)22(27-23(30)18-6-5-7-20(29)14-18)24(31)28-13-12-21(25(3,4)15-28)17-8-10-19(26)11-9-17/h8-11,16,18,21-22H,5-7,12-15H2,1-4H3,(H,27,30)/t18?,21?,22-/m1/s1. The zero-order valence-electron chi connectivity index (χ0n) is 19.1. The number of carbonyl (C=O) groups excluding carboxylic acids is 3. The first-order valence-corrected chi connectivity index (χ1v) is 11.8. The molecule has 2 aliphatic rings. The Bertz CT molecular complexity index is 819. The molecule has 2 unspecified atom stereocenters. The SMILES string of the molecule is CC(C)[C@@H](NC(=O)C1CCCC(=O)C1)C(=O)N1CCC(c2ccc(Cl)cc2)C(C)(C)C1. The molecule has 1 aliphatic carbocycles. The Morgan fingerprint density at radius 1 is 1.16 bits per heavy atom. The van der Waals surface area contributed by atoms with Crippen molar-refractivity contribution in [1.29, 1.82) is 0 Å². The zero-order chi connectivity index (χ0) is 22.8. The Morgan fingerprint density at radius 3 is 2.42 bits per heavy atom. The number of amides is 2. The van der Waals surface area contributed by atoms with Gasteiger partial charge in [-0.25, -0.2) is 0 Å². The Labute approximate surface area is 190 Å². The number of rotatable bonds is 5. The third-order valence-corrected chi connectivity index (χ3v) is 7.15. The molecular weight excluding hydrogens is 412 g/mol. The molecule has 6 heteroatoms. The third kappa shape index (κ3) is 5.68. The number of nitrogens with zero attached hydrogens (tertiary/aromatic N) is 1. The summed E-state index contributed by atoms with van der Waals surface area (Å²) in [5.41, 5.74) is 1.15. The Kier molecular flexibility index (Phi) is 7.46. The molecule has 1 N–H and O–H groups in total. The normalized spacial score (nSPS) is 24.7. The first-order chi connectivity index (χ1) is 14.6. The average molecular weight is 447 g/mol. The smallest absolute Gasteiger partial charge is 0.245 e. The lowest BCUT2D eigenvalue weighted by Gasteiger charge is -2.46. The maximum Gasteiger partial charge on any atom is 0.245 e. The van der Waals surface area contributed by atoms with E-state index in [1.54, 1.807) is 0 Å². The number of hydrogen-bond acceptors (Lipinski definition) is 3. The Balaban J connectivity index is 1.67. The van der Waals surface area contributed by atoms with Gasteiger partial charge in [-0.2, -0.15) is 0 Å². The fourth-order valence-corrected chi connectivity index (χ4v) is 5.21. The number of hydrogen-bond donors (Lipinski definition) is 1. The molecule has 1 heterocycles. The summed E-state index contributed by atoms with van der Waals surface area (Å²) in [5.74, 6) is -0.0160. The number of benzene rings is 1. The van der Waals surface area contributed by atoms with E-state index in [0.717, 1.165) is 24.3 Å². The molecule has 31 heavy (non-hydrogen) atoms. The number of Topliss-reactive ketones (excluding diaryl/α,β-unsaturated/α-hetero) is 1. The molecule has 0 spiro atoms. The highest BCUT2D eigenvalue weighted by Crippen LogP contribution is 2.42. The molecule has 5 nitrogen and oxygen atoms in total. The van der Waals surface area contributed by atoms with E-state index in [9.17, 15) is 14.4 Å². The molecule has 0 bridgehead atoms. The van der Waals surface area contributed by atoms with Crippen LogP contribution in [0.25, 0.3) is 0 Å². The lowest BCUT2D eigenvalue weighted by Crippen LogP contribution is -2.56. The molecule has 2 fully saturated rings. The monoisotopic (exact) mass is 446 g/mol. The van der Waals surface area contributed by atoms with Gasteiger partial charge in [-0.05, 0) is 54.2 Å². The maximum absolute atomic E-state index is 13.4. The molecule has 170 valence electrons. The molecule has 3 rings (SSSR count). The molecule has 0 radical (unpaired) electrons. The van der Waals surface area contributed by atoms with E-state index in [1.165, 1.54) is 5.56 Å². The lowest BCUT2D eigenvalue weighted by atomic mass is 9.70. The third-order valence-electron chi connectivity index (χ3n) is 6.90. The molecule has 2 amide bonds. The van der Waals surface area contributed by atoms with Gasteiger partial charge in [-0.15, -0.1) is 0 Å². The van der Waals surface area contributed by atoms with Gasteiger partial charge in [0.2, 0.25) is 11.8 Å². The fourth-order valence-electron chi connectivity index (χ4n) is 5.09. The van der Waals surface area contributed by atoms with Crippen molar-refractivity contribution in [3.8, 4) is 0 Å². The number of likely N-dealkylation sites (tertiary alicyclic amines) is 1. The predicted molar refractivity (Wildman–Crippen MR) is 123 cm³/mol.